The molecule has 8 heteroatoms. The molecule has 2 heterocycles. The van der Waals surface area contributed by atoms with Crippen molar-refractivity contribution in [3.05, 3.63) is 36.2 Å². The number of nitriles is 1. The van der Waals surface area contributed by atoms with Crippen LogP contribution in [0.4, 0.5) is 0 Å². The highest BCUT2D eigenvalue weighted by molar-refractivity contribution is 5.95. The highest BCUT2D eigenvalue weighted by Crippen LogP contribution is 2.22. The lowest BCUT2D eigenvalue weighted by atomic mass is 10.2. The first kappa shape index (κ1) is 15.8. The summed E-state index contributed by atoms with van der Waals surface area (Å²) in [5.74, 6) is -0.0368. The van der Waals surface area contributed by atoms with Crippen molar-refractivity contribution in [2.75, 3.05) is 26.9 Å². The number of carbonyl (C=O) groups excluding carboxylic acids is 1. The molecule has 0 aliphatic carbocycles. The zero-order chi connectivity index (χ0) is 17.1. The van der Waals surface area contributed by atoms with Gasteiger partial charge in [0.2, 0.25) is 0 Å². The topological polar surface area (TPSA) is 101 Å². The molecule has 1 atom stereocenters. The summed E-state index contributed by atoms with van der Waals surface area (Å²) >= 11 is 0. The maximum absolute atomic E-state index is 12.6. The fourth-order valence-electron chi connectivity index (χ4n) is 2.47. The molecule has 1 saturated heterocycles. The molecule has 1 aliphatic rings. The minimum atomic E-state index is -0.684. The minimum Gasteiger partial charge on any atom is -0.504 e. The van der Waals surface area contributed by atoms with Gasteiger partial charge in [-0.25, -0.2) is 4.68 Å². The predicted molar refractivity (Wildman–Crippen MR) is 83.0 cm³/mol. The molecule has 1 N–H and O–H groups in total. The molecular formula is C16H16N4O4. The number of hydrogen-bond acceptors (Lipinski definition) is 6. The largest absolute Gasteiger partial charge is 0.504 e. The van der Waals surface area contributed by atoms with Crippen LogP contribution in [0.25, 0.3) is 5.69 Å². The zero-order valence-corrected chi connectivity index (χ0v) is 13.0. The van der Waals surface area contributed by atoms with Crippen LogP contribution in [0.1, 0.15) is 10.5 Å². The Balaban J connectivity index is 1.87. The van der Waals surface area contributed by atoms with E-state index >= 15 is 0 Å². The van der Waals surface area contributed by atoms with Crippen LogP contribution in [0.15, 0.2) is 30.5 Å². The second kappa shape index (κ2) is 6.60. The molecule has 3 rings (SSSR count). The SMILES string of the molecule is COc1ccc(-n2cc(O)c(C(=O)N3CCOCC3C#N)n2)cc1. The highest BCUT2D eigenvalue weighted by atomic mass is 16.5. The lowest BCUT2D eigenvalue weighted by Crippen LogP contribution is -2.48. The first-order chi connectivity index (χ1) is 11.6. The van der Waals surface area contributed by atoms with Gasteiger partial charge in [-0.2, -0.15) is 10.4 Å². The second-order valence-corrected chi connectivity index (χ2v) is 5.22. The number of benzene rings is 1. The molecule has 1 unspecified atom stereocenters. The van der Waals surface area contributed by atoms with Crippen LogP contribution in [0.5, 0.6) is 11.5 Å². The van der Waals surface area contributed by atoms with Crippen molar-refractivity contribution in [2.24, 2.45) is 0 Å². The van der Waals surface area contributed by atoms with Crippen molar-refractivity contribution in [3.63, 3.8) is 0 Å². The summed E-state index contributed by atoms with van der Waals surface area (Å²) in [6.45, 7) is 0.790. The van der Waals surface area contributed by atoms with Crippen LogP contribution in [0.3, 0.4) is 0 Å². The fraction of sp³-hybridized carbons (Fsp3) is 0.312. The summed E-state index contributed by atoms with van der Waals surface area (Å²) < 4.78 is 11.7. The second-order valence-electron chi connectivity index (χ2n) is 5.22. The van der Waals surface area contributed by atoms with Crippen molar-refractivity contribution < 1.29 is 19.4 Å². The van der Waals surface area contributed by atoms with Gasteiger partial charge in [0, 0.05) is 6.54 Å². The molecule has 1 aromatic carbocycles. The van der Waals surface area contributed by atoms with E-state index in [1.807, 2.05) is 6.07 Å². The number of aromatic hydroxyl groups is 1. The number of amides is 1. The Bertz CT molecular complexity index is 778. The van der Waals surface area contributed by atoms with E-state index in [4.69, 9.17) is 14.7 Å². The van der Waals surface area contributed by atoms with Crippen molar-refractivity contribution >= 4 is 5.91 Å². The van der Waals surface area contributed by atoms with E-state index in [1.165, 1.54) is 15.8 Å². The van der Waals surface area contributed by atoms with Gasteiger partial charge in [-0.1, -0.05) is 0 Å². The first-order valence-corrected chi connectivity index (χ1v) is 7.35. The van der Waals surface area contributed by atoms with Crippen molar-refractivity contribution in [3.8, 4) is 23.3 Å². The van der Waals surface area contributed by atoms with Crippen LogP contribution in [-0.4, -0.2) is 58.6 Å². The van der Waals surface area contributed by atoms with E-state index in [9.17, 15) is 9.90 Å². The Morgan fingerprint density at radius 2 is 2.21 bits per heavy atom. The summed E-state index contributed by atoms with van der Waals surface area (Å²) in [6.07, 6.45) is 1.36. The molecular weight excluding hydrogens is 312 g/mol. The number of hydrogen-bond donors (Lipinski definition) is 1. The molecule has 0 radical (unpaired) electrons. The third-order valence-corrected chi connectivity index (χ3v) is 3.77. The number of methoxy groups -OCH3 is 1. The number of ether oxygens (including phenoxy) is 2. The van der Waals surface area contributed by atoms with Crippen LogP contribution < -0.4 is 4.74 Å². The van der Waals surface area contributed by atoms with Gasteiger partial charge in [-0.15, -0.1) is 0 Å². The molecule has 1 aliphatic heterocycles. The van der Waals surface area contributed by atoms with Gasteiger partial charge in [-0.3, -0.25) is 4.79 Å². The van der Waals surface area contributed by atoms with Gasteiger partial charge in [0.25, 0.3) is 5.91 Å². The molecule has 0 bridgehead atoms. The van der Waals surface area contributed by atoms with Crippen molar-refractivity contribution in [1.82, 2.24) is 14.7 Å². The molecule has 2 aromatic rings. The minimum absolute atomic E-state index is 0.0898. The molecule has 24 heavy (non-hydrogen) atoms. The van der Waals surface area contributed by atoms with Crippen LogP contribution in [0.2, 0.25) is 0 Å². The summed E-state index contributed by atoms with van der Waals surface area (Å²) in [7, 11) is 1.57. The van der Waals surface area contributed by atoms with Gasteiger partial charge >= 0.3 is 0 Å². The average molecular weight is 328 g/mol. The molecule has 8 nitrogen and oxygen atoms in total. The Labute approximate surface area is 138 Å². The molecule has 1 amide bonds. The van der Waals surface area contributed by atoms with Crippen LogP contribution in [0, 0.1) is 11.3 Å². The Kier molecular flexibility index (Phi) is 4.35. The third kappa shape index (κ3) is 2.89. The normalized spacial score (nSPS) is 17.3. The van der Waals surface area contributed by atoms with Gasteiger partial charge in [0.1, 0.15) is 11.8 Å². The smallest absolute Gasteiger partial charge is 0.279 e. The van der Waals surface area contributed by atoms with E-state index in [0.29, 0.717) is 18.0 Å². The zero-order valence-electron chi connectivity index (χ0n) is 13.0. The van der Waals surface area contributed by atoms with Crippen LogP contribution >= 0.6 is 0 Å². The number of rotatable bonds is 3. The third-order valence-electron chi connectivity index (χ3n) is 3.77. The molecule has 0 spiro atoms. The van der Waals surface area contributed by atoms with Gasteiger partial charge < -0.3 is 19.5 Å². The van der Waals surface area contributed by atoms with Crippen LogP contribution in [-0.2, 0) is 4.74 Å². The van der Waals surface area contributed by atoms with Gasteiger partial charge in [0.05, 0.1) is 38.3 Å². The summed E-state index contributed by atoms with van der Waals surface area (Å²) in [6, 6.07) is 8.36. The molecule has 0 saturated carbocycles. The number of morpholine rings is 1. The number of aromatic nitrogens is 2. The van der Waals surface area contributed by atoms with E-state index in [0.717, 1.165) is 0 Å². The van der Waals surface area contributed by atoms with Gasteiger partial charge in [0.15, 0.2) is 11.4 Å². The maximum atomic E-state index is 12.6. The first-order valence-electron chi connectivity index (χ1n) is 7.35. The Morgan fingerprint density at radius 1 is 1.46 bits per heavy atom. The van der Waals surface area contributed by atoms with E-state index < -0.39 is 11.9 Å². The van der Waals surface area contributed by atoms with Crippen molar-refractivity contribution in [2.45, 2.75) is 6.04 Å². The van der Waals surface area contributed by atoms with E-state index in [2.05, 4.69) is 5.10 Å². The highest BCUT2D eigenvalue weighted by Gasteiger charge is 2.31. The maximum Gasteiger partial charge on any atom is 0.279 e. The van der Waals surface area contributed by atoms with E-state index in [-0.39, 0.29) is 24.6 Å². The van der Waals surface area contributed by atoms with Gasteiger partial charge in [-0.05, 0) is 24.3 Å². The molecule has 1 fully saturated rings. The average Bonchev–Trinajstić information content (AvgIpc) is 3.03. The van der Waals surface area contributed by atoms with E-state index in [1.54, 1.807) is 31.4 Å². The Hall–Kier alpha value is -3.05. The summed E-state index contributed by atoms with van der Waals surface area (Å²) in [5.41, 5.74) is 0.580. The fourth-order valence-corrected chi connectivity index (χ4v) is 2.47. The number of nitrogens with zero attached hydrogens (tertiary/aromatic N) is 4. The predicted octanol–water partition coefficient (Wildman–Crippen LogP) is 0.951. The molecule has 124 valence electrons. The summed E-state index contributed by atoms with van der Waals surface area (Å²) in [5, 5.41) is 23.4. The summed E-state index contributed by atoms with van der Waals surface area (Å²) in [4.78, 5) is 14.0. The molecule has 1 aromatic heterocycles. The van der Waals surface area contributed by atoms with Crippen molar-refractivity contribution in [1.29, 1.82) is 5.26 Å². The number of carbonyl (C=O) groups is 1. The monoisotopic (exact) mass is 328 g/mol. The quantitative estimate of drug-likeness (QED) is 0.900. The standard InChI is InChI=1S/C16H16N4O4/c1-23-13-4-2-11(3-5-13)20-9-14(21)15(18-20)16(22)19-6-7-24-10-12(19)8-17/h2-5,9,12,21H,6-7,10H2,1H3. The lowest BCUT2D eigenvalue weighted by molar-refractivity contribution is 0.0127. The lowest BCUT2D eigenvalue weighted by Gasteiger charge is -2.30. The Morgan fingerprint density at radius 3 is 2.88 bits per heavy atom.